The fraction of sp³-hybridized carbons (Fsp3) is 0. The lowest BCUT2D eigenvalue weighted by Gasteiger charge is -2.13. The van der Waals surface area contributed by atoms with Crippen LogP contribution in [0.1, 0.15) is 15.9 Å². The van der Waals surface area contributed by atoms with Gasteiger partial charge in [-0.05, 0) is 46.2 Å². The van der Waals surface area contributed by atoms with Crippen LogP contribution < -0.4 is 0 Å². The Hall–Kier alpha value is -3.39. The Morgan fingerprint density at radius 3 is 2.12 bits per heavy atom. The molecule has 0 aromatic heterocycles. The maximum Gasteiger partial charge on any atom is 0.194 e. The zero-order valence-electron chi connectivity index (χ0n) is 13.5. The lowest BCUT2D eigenvalue weighted by Crippen LogP contribution is -2.04. The van der Waals surface area contributed by atoms with Crippen LogP contribution in [0.3, 0.4) is 0 Å². The first-order valence-electron chi connectivity index (χ1n) is 8.15. The van der Waals surface area contributed by atoms with Crippen LogP contribution in [0.2, 0.25) is 0 Å². The van der Waals surface area contributed by atoms with Gasteiger partial charge in [0.25, 0.3) is 0 Å². The average molecular weight is 324 g/mol. The Morgan fingerprint density at radius 1 is 0.680 bits per heavy atom. The van der Waals surface area contributed by atoms with Gasteiger partial charge in [0.2, 0.25) is 0 Å². The highest BCUT2D eigenvalue weighted by Crippen LogP contribution is 2.32. The molecule has 120 valence electrons. The van der Waals surface area contributed by atoms with Gasteiger partial charge in [-0.2, -0.15) is 0 Å². The number of benzene rings is 4. The fourth-order valence-electron chi connectivity index (χ4n) is 3.13. The van der Waals surface area contributed by atoms with Crippen LogP contribution >= 0.6 is 0 Å². The number of ketones is 1. The Balaban J connectivity index is 1.99. The van der Waals surface area contributed by atoms with Crippen molar-refractivity contribution in [2.75, 3.05) is 0 Å². The zero-order valence-corrected chi connectivity index (χ0v) is 13.5. The maximum atomic E-state index is 13.3. The van der Waals surface area contributed by atoms with Gasteiger partial charge in [-0.15, -0.1) is 0 Å². The van der Waals surface area contributed by atoms with Gasteiger partial charge < -0.3 is 5.11 Å². The Labute approximate surface area is 146 Å². The summed E-state index contributed by atoms with van der Waals surface area (Å²) < 4.78 is 0. The number of rotatable bonds is 3. The summed E-state index contributed by atoms with van der Waals surface area (Å²) in [5, 5.41) is 11.5. The van der Waals surface area contributed by atoms with Gasteiger partial charge >= 0.3 is 0 Å². The fourth-order valence-corrected chi connectivity index (χ4v) is 3.13. The summed E-state index contributed by atoms with van der Waals surface area (Å²) in [6.07, 6.45) is 0. The lowest BCUT2D eigenvalue weighted by molar-refractivity contribution is 0.104. The number of hydrogen-bond acceptors (Lipinski definition) is 2. The molecule has 0 bridgehead atoms. The zero-order chi connectivity index (χ0) is 17.2. The molecule has 4 aromatic rings. The molecule has 25 heavy (non-hydrogen) atoms. The molecular weight excluding hydrogens is 308 g/mol. The summed E-state index contributed by atoms with van der Waals surface area (Å²) in [5.41, 5.74) is 3.18. The van der Waals surface area contributed by atoms with Crippen molar-refractivity contribution in [2.45, 2.75) is 0 Å². The lowest BCUT2D eigenvalue weighted by atomic mass is 9.89. The molecule has 0 aliphatic rings. The van der Waals surface area contributed by atoms with Crippen LogP contribution in [-0.4, -0.2) is 10.9 Å². The average Bonchev–Trinajstić information content (AvgIpc) is 2.68. The summed E-state index contributed by atoms with van der Waals surface area (Å²) in [6.45, 7) is 0. The third-order valence-corrected chi connectivity index (χ3v) is 4.37. The summed E-state index contributed by atoms with van der Waals surface area (Å²) in [6, 6.07) is 28.3. The minimum Gasteiger partial charge on any atom is -0.508 e. The highest BCUT2D eigenvalue weighted by atomic mass is 16.3. The molecule has 0 fully saturated rings. The largest absolute Gasteiger partial charge is 0.508 e. The van der Waals surface area contributed by atoms with E-state index in [-0.39, 0.29) is 11.5 Å². The molecule has 0 saturated carbocycles. The van der Waals surface area contributed by atoms with Crippen LogP contribution in [0.4, 0.5) is 0 Å². The predicted octanol–water partition coefficient (Wildman–Crippen LogP) is 5.44. The van der Waals surface area contributed by atoms with Gasteiger partial charge in [-0.3, -0.25) is 4.79 Å². The van der Waals surface area contributed by atoms with E-state index in [0.29, 0.717) is 11.1 Å². The van der Waals surface area contributed by atoms with Crippen LogP contribution in [-0.2, 0) is 0 Å². The van der Waals surface area contributed by atoms with E-state index in [1.54, 1.807) is 24.3 Å². The first-order valence-corrected chi connectivity index (χ1v) is 8.15. The monoisotopic (exact) mass is 324 g/mol. The van der Waals surface area contributed by atoms with Crippen LogP contribution in [0.15, 0.2) is 91.0 Å². The van der Waals surface area contributed by atoms with E-state index in [9.17, 15) is 9.90 Å². The number of fused-ring (bicyclic) bond motifs is 1. The molecule has 0 radical (unpaired) electrons. The van der Waals surface area contributed by atoms with Crippen molar-refractivity contribution in [2.24, 2.45) is 0 Å². The summed E-state index contributed by atoms with van der Waals surface area (Å²) in [4.78, 5) is 13.3. The molecule has 4 rings (SSSR count). The maximum absolute atomic E-state index is 13.3. The molecule has 0 heterocycles. The van der Waals surface area contributed by atoms with Crippen molar-refractivity contribution < 1.29 is 9.90 Å². The normalized spacial score (nSPS) is 10.7. The third-order valence-electron chi connectivity index (χ3n) is 4.37. The first-order chi connectivity index (χ1) is 12.2. The minimum absolute atomic E-state index is 0.0457. The molecular formula is C23H16O2. The van der Waals surface area contributed by atoms with Crippen molar-refractivity contribution in [1.82, 2.24) is 0 Å². The second kappa shape index (κ2) is 6.25. The van der Waals surface area contributed by atoms with E-state index < -0.39 is 0 Å². The summed E-state index contributed by atoms with van der Waals surface area (Å²) in [5.74, 6) is 0.105. The van der Waals surface area contributed by atoms with Crippen molar-refractivity contribution >= 4 is 16.6 Å². The van der Waals surface area contributed by atoms with Gasteiger partial charge in [0.05, 0.1) is 0 Å². The minimum atomic E-state index is -0.0457. The molecule has 1 N–H and O–H groups in total. The SMILES string of the molecule is O=C(c1ccc(O)cc1)c1c(-c2ccccc2)ccc2ccccc12. The van der Waals surface area contributed by atoms with Crippen LogP contribution in [0.25, 0.3) is 21.9 Å². The van der Waals surface area contributed by atoms with E-state index in [1.165, 1.54) is 0 Å². The second-order valence-electron chi connectivity index (χ2n) is 5.95. The molecule has 0 aliphatic carbocycles. The molecule has 0 atom stereocenters. The Bertz CT molecular complexity index is 1050. The van der Waals surface area contributed by atoms with Gasteiger partial charge in [0.15, 0.2) is 5.78 Å². The Morgan fingerprint density at radius 2 is 1.36 bits per heavy atom. The topological polar surface area (TPSA) is 37.3 Å². The highest BCUT2D eigenvalue weighted by Gasteiger charge is 2.18. The number of phenolic OH excluding ortho intramolecular Hbond substituents is 1. The number of hydrogen-bond donors (Lipinski definition) is 1. The van der Waals surface area contributed by atoms with E-state index in [0.717, 1.165) is 21.9 Å². The first kappa shape index (κ1) is 15.2. The summed E-state index contributed by atoms with van der Waals surface area (Å²) in [7, 11) is 0. The van der Waals surface area contributed by atoms with Crippen LogP contribution in [0, 0.1) is 0 Å². The van der Waals surface area contributed by atoms with Crippen molar-refractivity contribution in [3.63, 3.8) is 0 Å². The van der Waals surface area contributed by atoms with E-state index in [1.807, 2.05) is 66.7 Å². The van der Waals surface area contributed by atoms with Crippen molar-refractivity contribution in [3.8, 4) is 16.9 Å². The standard InChI is InChI=1S/C23H16O2/c24-19-13-10-18(11-14-19)23(25)22-20-9-5-4-8-17(20)12-15-21(22)16-6-2-1-3-7-16/h1-15,24H. The molecule has 0 aliphatic heterocycles. The third kappa shape index (κ3) is 2.79. The van der Waals surface area contributed by atoms with Gasteiger partial charge in [-0.25, -0.2) is 0 Å². The van der Waals surface area contributed by atoms with Crippen molar-refractivity contribution in [1.29, 1.82) is 0 Å². The number of carbonyl (C=O) groups is 1. The molecule has 2 heteroatoms. The van der Waals surface area contributed by atoms with Crippen LogP contribution in [0.5, 0.6) is 5.75 Å². The Kier molecular flexibility index (Phi) is 3.79. The van der Waals surface area contributed by atoms with Gasteiger partial charge in [-0.1, -0.05) is 66.7 Å². The van der Waals surface area contributed by atoms with Gasteiger partial charge in [0.1, 0.15) is 5.75 Å². The predicted molar refractivity (Wildman–Crippen MR) is 101 cm³/mol. The molecule has 0 spiro atoms. The van der Waals surface area contributed by atoms with Crippen molar-refractivity contribution in [3.05, 3.63) is 102 Å². The number of carbonyl (C=O) groups excluding carboxylic acids is 1. The molecule has 4 aromatic carbocycles. The highest BCUT2D eigenvalue weighted by molar-refractivity contribution is 6.20. The molecule has 2 nitrogen and oxygen atoms in total. The molecule has 0 amide bonds. The van der Waals surface area contributed by atoms with E-state index in [2.05, 4.69) is 0 Å². The molecule has 0 saturated heterocycles. The number of aromatic hydroxyl groups is 1. The second-order valence-corrected chi connectivity index (χ2v) is 5.95. The quantitative estimate of drug-likeness (QED) is 0.509. The van der Waals surface area contributed by atoms with E-state index >= 15 is 0 Å². The van der Waals surface area contributed by atoms with E-state index in [4.69, 9.17) is 0 Å². The summed E-state index contributed by atoms with van der Waals surface area (Å²) >= 11 is 0. The smallest absolute Gasteiger partial charge is 0.194 e. The number of phenols is 1. The molecule has 0 unspecified atom stereocenters. The van der Waals surface area contributed by atoms with Gasteiger partial charge in [0, 0.05) is 11.1 Å².